The van der Waals surface area contributed by atoms with Crippen molar-refractivity contribution in [2.75, 3.05) is 5.32 Å². The highest BCUT2D eigenvalue weighted by Gasteiger charge is 2.09. The summed E-state index contributed by atoms with van der Waals surface area (Å²) in [6.45, 7) is 2.44. The van der Waals surface area contributed by atoms with E-state index in [1.807, 2.05) is 19.1 Å². The van der Waals surface area contributed by atoms with Crippen LogP contribution in [0.5, 0.6) is 0 Å². The lowest BCUT2D eigenvalue weighted by Crippen LogP contribution is -2.01. The first-order chi connectivity index (χ1) is 8.72. The summed E-state index contributed by atoms with van der Waals surface area (Å²) in [5, 5.41) is 3.60. The van der Waals surface area contributed by atoms with Gasteiger partial charge in [-0.15, -0.1) is 0 Å². The molecule has 0 saturated heterocycles. The van der Waals surface area contributed by atoms with E-state index in [2.05, 4.69) is 20.3 Å². The summed E-state index contributed by atoms with van der Waals surface area (Å²) in [6, 6.07) is 5.50. The Morgan fingerprint density at radius 3 is 3.11 bits per heavy atom. The molecular weight excluding hydrogens is 252 g/mol. The lowest BCUT2D eigenvalue weighted by molar-refractivity contribution is 0.518. The van der Waals surface area contributed by atoms with Crippen LogP contribution in [-0.2, 0) is 6.54 Å². The van der Waals surface area contributed by atoms with Gasteiger partial charge in [-0.2, -0.15) is 0 Å². The van der Waals surface area contributed by atoms with Crippen LogP contribution in [-0.4, -0.2) is 15.0 Å². The Hall–Kier alpha value is -2.01. The maximum Gasteiger partial charge on any atom is 0.156 e. The van der Waals surface area contributed by atoms with Crippen LogP contribution in [0.2, 0.25) is 5.15 Å². The molecule has 18 heavy (non-hydrogen) atoms. The van der Waals surface area contributed by atoms with Crippen molar-refractivity contribution in [3.8, 4) is 0 Å². The van der Waals surface area contributed by atoms with E-state index in [4.69, 9.17) is 16.0 Å². The minimum Gasteiger partial charge on any atom is -0.467 e. The van der Waals surface area contributed by atoms with Gasteiger partial charge in [-0.3, -0.25) is 0 Å². The number of aryl methyl sites for hydroxylation is 1. The largest absolute Gasteiger partial charge is 0.467 e. The summed E-state index contributed by atoms with van der Waals surface area (Å²) in [4.78, 5) is 11.8. The van der Waals surface area contributed by atoms with Crippen LogP contribution >= 0.6 is 11.6 Å². The van der Waals surface area contributed by atoms with Crippen LogP contribution in [0.4, 0.5) is 5.82 Å². The van der Waals surface area contributed by atoms with Crippen molar-refractivity contribution < 1.29 is 4.42 Å². The molecule has 2 N–H and O–H groups in total. The van der Waals surface area contributed by atoms with Crippen molar-refractivity contribution in [1.29, 1.82) is 0 Å². The molecule has 0 aromatic carbocycles. The molecule has 0 amide bonds. The topological polar surface area (TPSA) is 66.7 Å². The Kier molecular flexibility index (Phi) is 2.68. The van der Waals surface area contributed by atoms with E-state index >= 15 is 0 Å². The summed E-state index contributed by atoms with van der Waals surface area (Å²) in [5.41, 5.74) is 1.65. The predicted molar refractivity (Wildman–Crippen MR) is 69.7 cm³/mol. The van der Waals surface area contributed by atoms with Crippen molar-refractivity contribution in [3.63, 3.8) is 0 Å². The zero-order chi connectivity index (χ0) is 12.5. The lowest BCUT2D eigenvalue weighted by Gasteiger charge is -2.04. The second-order valence-corrected chi connectivity index (χ2v) is 4.33. The predicted octanol–water partition coefficient (Wildman–Crippen LogP) is 3.12. The first-order valence-corrected chi connectivity index (χ1v) is 5.89. The standard InChI is InChI=1S/C12H11ClN4O/c1-7-15-9-5-10(13)17-12(11(9)16-7)14-6-8-3-2-4-18-8/h2-5H,6H2,1H3,(H,14,17)(H,15,16). The first-order valence-electron chi connectivity index (χ1n) is 5.51. The molecule has 0 bridgehead atoms. The van der Waals surface area contributed by atoms with Gasteiger partial charge in [-0.25, -0.2) is 9.97 Å². The Labute approximate surface area is 108 Å². The van der Waals surface area contributed by atoms with Gasteiger partial charge in [0.25, 0.3) is 0 Å². The van der Waals surface area contributed by atoms with Gasteiger partial charge in [-0.1, -0.05) is 11.6 Å². The number of nitrogens with one attached hydrogen (secondary N) is 2. The highest BCUT2D eigenvalue weighted by atomic mass is 35.5. The smallest absolute Gasteiger partial charge is 0.156 e. The minimum absolute atomic E-state index is 0.424. The number of aromatic amines is 1. The maximum atomic E-state index is 5.97. The Bertz CT molecular complexity index is 675. The Balaban J connectivity index is 1.95. The number of rotatable bonds is 3. The van der Waals surface area contributed by atoms with Crippen LogP contribution in [0.1, 0.15) is 11.6 Å². The molecule has 3 rings (SSSR count). The van der Waals surface area contributed by atoms with Gasteiger partial charge in [0.05, 0.1) is 18.3 Å². The van der Waals surface area contributed by atoms with Crippen molar-refractivity contribution in [1.82, 2.24) is 15.0 Å². The third-order valence-corrected chi connectivity index (χ3v) is 2.76. The summed E-state index contributed by atoms with van der Waals surface area (Å²) >= 11 is 5.97. The molecule has 0 spiro atoms. The zero-order valence-corrected chi connectivity index (χ0v) is 10.5. The third kappa shape index (κ3) is 2.04. The molecule has 0 aliphatic carbocycles. The van der Waals surface area contributed by atoms with Gasteiger partial charge in [0, 0.05) is 6.07 Å². The molecule has 3 aromatic rings. The van der Waals surface area contributed by atoms with Crippen molar-refractivity contribution in [3.05, 3.63) is 41.2 Å². The molecule has 0 atom stereocenters. The molecule has 3 heterocycles. The number of imidazole rings is 1. The molecule has 0 radical (unpaired) electrons. The summed E-state index contributed by atoms with van der Waals surface area (Å²) < 4.78 is 5.25. The highest BCUT2D eigenvalue weighted by molar-refractivity contribution is 6.30. The van der Waals surface area contributed by atoms with Gasteiger partial charge in [0.2, 0.25) is 0 Å². The van der Waals surface area contributed by atoms with E-state index < -0.39 is 0 Å². The Morgan fingerprint density at radius 1 is 1.44 bits per heavy atom. The number of hydrogen-bond acceptors (Lipinski definition) is 4. The van der Waals surface area contributed by atoms with E-state index in [9.17, 15) is 0 Å². The average Bonchev–Trinajstić information content (AvgIpc) is 2.93. The monoisotopic (exact) mass is 262 g/mol. The van der Waals surface area contributed by atoms with Crippen LogP contribution < -0.4 is 5.32 Å². The van der Waals surface area contributed by atoms with E-state index in [1.165, 1.54) is 0 Å². The number of pyridine rings is 1. The van der Waals surface area contributed by atoms with Gasteiger partial charge in [-0.05, 0) is 19.1 Å². The van der Waals surface area contributed by atoms with Crippen LogP contribution in [0, 0.1) is 6.92 Å². The highest BCUT2D eigenvalue weighted by Crippen LogP contribution is 2.23. The lowest BCUT2D eigenvalue weighted by atomic mass is 10.3. The number of H-pyrrole nitrogens is 1. The fourth-order valence-corrected chi connectivity index (χ4v) is 2.01. The molecule has 0 fully saturated rings. The number of hydrogen-bond donors (Lipinski definition) is 2. The van der Waals surface area contributed by atoms with E-state index in [0.29, 0.717) is 17.5 Å². The van der Waals surface area contributed by atoms with Crippen molar-refractivity contribution in [2.24, 2.45) is 0 Å². The number of aromatic nitrogens is 3. The fourth-order valence-electron chi connectivity index (χ4n) is 1.81. The average molecular weight is 263 g/mol. The van der Waals surface area contributed by atoms with Crippen LogP contribution in [0.15, 0.2) is 28.9 Å². The van der Waals surface area contributed by atoms with Crippen LogP contribution in [0.3, 0.4) is 0 Å². The molecular formula is C12H11ClN4O. The third-order valence-electron chi connectivity index (χ3n) is 2.57. The van der Waals surface area contributed by atoms with E-state index in [-0.39, 0.29) is 0 Å². The second-order valence-electron chi connectivity index (χ2n) is 3.94. The molecule has 5 nitrogen and oxygen atoms in total. The van der Waals surface area contributed by atoms with Gasteiger partial charge in [0.1, 0.15) is 22.3 Å². The zero-order valence-electron chi connectivity index (χ0n) is 9.70. The minimum atomic E-state index is 0.424. The Morgan fingerprint density at radius 2 is 2.33 bits per heavy atom. The number of fused-ring (bicyclic) bond motifs is 1. The number of anilines is 1. The van der Waals surface area contributed by atoms with Gasteiger partial charge in [0.15, 0.2) is 5.82 Å². The normalized spacial score (nSPS) is 11.0. The molecule has 6 heteroatoms. The van der Waals surface area contributed by atoms with E-state index in [1.54, 1.807) is 12.3 Å². The molecule has 92 valence electrons. The van der Waals surface area contributed by atoms with Gasteiger partial charge < -0.3 is 14.7 Å². The first kappa shape index (κ1) is 11.1. The molecule has 0 aliphatic rings. The van der Waals surface area contributed by atoms with Crippen molar-refractivity contribution in [2.45, 2.75) is 13.5 Å². The molecule has 0 saturated carbocycles. The van der Waals surface area contributed by atoms with E-state index in [0.717, 1.165) is 22.6 Å². The molecule has 3 aromatic heterocycles. The molecule has 0 aliphatic heterocycles. The SMILES string of the molecule is Cc1nc2c(NCc3ccco3)nc(Cl)cc2[nH]1. The second kappa shape index (κ2) is 4.34. The quantitative estimate of drug-likeness (QED) is 0.712. The molecule has 0 unspecified atom stereocenters. The van der Waals surface area contributed by atoms with Crippen molar-refractivity contribution >= 4 is 28.5 Å². The maximum absolute atomic E-state index is 5.97. The summed E-state index contributed by atoms with van der Waals surface area (Å²) in [5.74, 6) is 2.31. The van der Waals surface area contributed by atoms with Crippen LogP contribution in [0.25, 0.3) is 11.0 Å². The summed E-state index contributed by atoms with van der Waals surface area (Å²) in [6.07, 6.45) is 1.64. The van der Waals surface area contributed by atoms with Gasteiger partial charge >= 0.3 is 0 Å². The number of halogens is 1. The fraction of sp³-hybridized carbons (Fsp3) is 0.167. The summed E-state index contributed by atoms with van der Waals surface area (Å²) in [7, 11) is 0. The number of furan rings is 1. The number of nitrogens with zero attached hydrogens (tertiary/aromatic N) is 2.